The van der Waals surface area contributed by atoms with Gasteiger partial charge in [0, 0.05) is 41.3 Å². The molecule has 1 aromatic carbocycles. The van der Waals surface area contributed by atoms with Crippen LogP contribution in [-0.2, 0) is 22.0 Å². The predicted molar refractivity (Wildman–Crippen MR) is 82.1 cm³/mol. The summed E-state index contributed by atoms with van der Waals surface area (Å²) in [6.45, 7) is 2.24. The van der Waals surface area contributed by atoms with E-state index >= 15 is 0 Å². The fourth-order valence-electron chi connectivity index (χ4n) is 2.15. The number of fused-ring (bicyclic) bond motifs is 1. The number of rotatable bonds is 6. The van der Waals surface area contributed by atoms with E-state index < -0.39 is 15.7 Å². The topological polar surface area (TPSA) is 101 Å². The Hall–Kier alpha value is -1.96. The van der Waals surface area contributed by atoms with E-state index in [1.807, 2.05) is 6.92 Å². The van der Waals surface area contributed by atoms with Gasteiger partial charge in [-0.15, -0.1) is 0 Å². The summed E-state index contributed by atoms with van der Waals surface area (Å²) in [5.74, 6) is 0.887. The van der Waals surface area contributed by atoms with Gasteiger partial charge < -0.3 is 10.6 Å². The third kappa shape index (κ3) is 3.78. The maximum absolute atomic E-state index is 11.4. The molecule has 2 N–H and O–H groups in total. The average Bonchev–Trinajstić information content (AvgIpc) is 2.46. The first-order chi connectivity index (χ1) is 10.0. The van der Waals surface area contributed by atoms with Crippen molar-refractivity contribution in [2.24, 2.45) is 0 Å². The molecular weight excluding hydrogens is 294 g/mol. The molecule has 1 heterocycles. The second-order valence-electron chi connectivity index (χ2n) is 4.69. The third-order valence-corrected chi connectivity index (χ3v) is 4.58. The van der Waals surface area contributed by atoms with Gasteiger partial charge in [0.15, 0.2) is 0 Å². The molecule has 1 aliphatic heterocycles. The van der Waals surface area contributed by atoms with Crippen LogP contribution >= 0.6 is 0 Å². The van der Waals surface area contributed by atoms with E-state index in [9.17, 15) is 19.1 Å². The summed E-state index contributed by atoms with van der Waals surface area (Å²) >= 11 is 0. The Morgan fingerprint density at radius 2 is 2.19 bits per heavy atom. The first-order valence-electron chi connectivity index (χ1n) is 6.71. The van der Waals surface area contributed by atoms with Crippen LogP contribution in [0.2, 0.25) is 0 Å². The van der Waals surface area contributed by atoms with Gasteiger partial charge in [-0.1, -0.05) is 6.92 Å². The lowest BCUT2D eigenvalue weighted by Crippen LogP contribution is -2.20. The Kier molecular flexibility index (Phi) is 4.89. The van der Waals surface area contributed by atoms with E-state index in [4.69, 9.17) is 0 Å². The van der Waals surface area contributed by atoms with E-state index in [-0.39, 0.29) is 11.6 Å². The fraction of sp³-hybridized carbons (Fsp3) is 0.462. The van der Waals surface area contributed by atoms with E-state index in [0.717, 1.165) is 5.56 Å². The Morgan fingerprint density at radius 1 is 1.43 bits per heavy atom. The largest absolute Gasteiger partial charge is 0.379 e. The maximum atomic E-state index is 11.4. The highest BCUT2D eigenvalue weighted by molar-refractivity contribution is 7.84. The van der Waals surface area contributed by atoms with Gasteiger partial charge in [-0.05, 0) is 18.1 Å². The van der Waals surface area contributed by atoms with E-state index in [2.05, 4.69) is 10.6 Å². The van der Waals surface area contributed by atoms with Gasteiger partial charge in [-0.25, -0.2) is 0 Å². The van der Waals surface area contributed by atoms with Crippen molar-refractivity contribution in [3.63, 3.8) is 0 Å². The molecule has 0 radical (unpaired) electrons. The molecule has 2 rings (SSSR count). The van der Waals surface area contributed by atoms with Crippen molar-refractivity contribution in [1.29, 1.82) is 0 Å². The fourth-order valence-corrected chi connectivity index (χ4v) is 2.77. The SMILES string of the molecule is CCS(=O)CCNc1cc2c(cc1[N+](=O)[O-])NC(=O)CC2. The molecule has 0 bridgehead atoms. The van der Waals surface area contributed by atoms with Crippen molar-refractivity contribution in [1.82, 2.24) is 0 Å². The minimum Gasteiger partial charge on any atom is -0.379 e. The molecule has 0 saturated heterocycles. The number of amides is 1. The lowest BCUT2D eigenvalue weighted by molar-refractivity contribution is -0.383. The number of nitrogens with one attached hydrogen (secondary N) is 2. The van der Waals surface area contributed by atoms with Crippen LogP contribution in [0.4, 0.5) is 17.1 Å². The molecule has 1 aliphatic rings. The molecule has 1 atom stereocenters. The zero-order valence-electron chi connectivity index (χ0n) is 11.7. The lowest BCUT2D eigenvalue weighted by atomic mass is 10.0. The van der Waals surface area contributed by atoms with Crippen LogP contribution in [0.1, 0.15) is 18.9 Å². The third-order valence-electron chi connectivity index (χ3n) is 3.28. The number of carbonyl (C=O) groups is 1. The Bertz CT molecular complexity index is 603. The van der Waals surface area contributed by atoms with Crippen LogP contribution in [-0.4, -0.2) is 33.1 Å². The normalized spacial score (nSPS) is 15.0. The van der Waals surface area contributed by atoms with Crippen LogP contribution in [0.25, 0.3) is 0 Å². The van der Waals surface area contributed by atoms with Crippen LogP contribution in [0.3, 0.4) is 0 Å². The summed E-state index contributed by atoms with van der Waals surface area (Å²) in [5.41, 5.74) is 1.70. The molecule has 1 unspecified atom stereocenters. The van der Waals surface area contributed by atoms with Crippen molar-refractivity contribution in [3.05, 3.63) is 27.8 Å². The quantitative estimate of drug-likeness (QED) is 0.614. The number of anilines is 2. The summed E-state index contributed by atoms with van der Waals surface area (Å²) < 4.78 is 11.4. The Morgan fingerprint density at radius 3 is 2.86 bits per heavy atom. The Labute approximate surface area is 124 Å². The van der Waals surface area contributed by atoms with Gasteiger partial charge in [0.25, 0.3) is 5.69 Å². The maximum Gasteiger partial charge on any atom is 0.294 e. The summed E-state index contributed by atoms with van der Waals surface area (Å²) in [6, 6.07) is 3.08. The molecule has 0 aliphatic carbocycles. The number of nitro benzene ring substituents is 1. The molecule has 0 aromatic heterocycles. The van der Waals surface area contributed by atoms with Crippen molar-refractivity contribution in [3.8, 4) is 0 Å². The molecular formula is C13H17N3O4S. The number of hydrogen-bond acceptors (Lipinski definition) is 5. The van der Waals surface area contributed by atoms with Gasteiger partial charge in [0.1, 0.15) is 5.69 Å². The molecule has 21 heavy (non-hydrogen) atoms. The van der Waals surface area contributed by atoms with Crippen LogP contribution in [0, 0.1) is 10.1 Å². The molecule has 1 aromatic rings. The molecule has 1 amide bonds. The molecule has 0 fully saturated rings. The Balaban J connectivity index is 2.21. The monoisotopic (exact) mass is 311 g/mol. The van der Waals surface area contributed by atoms with Crippen LogP contribution < -0.4 is 10.6 Å². The molecule has 7 nitrogen and oxygen atoms in total. The van der Waals surface area contributed by atoms with Gasteiger partial charge in [0.05, 0.1) is 10.6 Å². The predicted octanol–water partition coefficient (Wildman–Crippen LogP) is 1.66. The zero-order chi connectivity index (χ0) is 15.4. The van der Waals surface area contributed by atoms with Crippen molar-refractivity contribution >= 4 is 33.8 Å². The minimum absolute atomic E-state index is 0.0850. The zero-order valence-corrected chi connectivity index (χ0v) is 12.5. The standard InChI is InChI=1S/C13H17N3O4S/c1-2-21(20)6-5-14-11-7-9-3-4-13(17)15-10(9)8-12(11)16(18)19/h7-8,14H,2-6H2,1H3,(H,15,17). The molecule has 0 spiro atoms. The minimum atomic E-state index is -0.914. The lowest BCUT2D eigenvalue weighted by Gasteiger charge is -2.18. The number of hydrogen-bond donors (Lipinski definition) is 2. The summed E-state index contributed by atoms with van der Waals surface area (Å²) in [5, 5.41) is 16.8. The van der Waals surface area contributed by atoms with Gasteiger partial charge >= 0.3 is 0 Å². The van der Waals surface area contributed by atoms with E-state index in [1.54, 1.807) is 6.07 Å². The first-order valence-corrected chi connectivity index (χ1v) is 8.20. The van der Waals surface area contributed by atoms with E-state index in [0.29, 0.717) is 42.3 Å². The summed E-state index contributed by atoms with van der Waals surface area (Å²) in [4.78, 5) is 22.0. The van der Waals surface area contributed by atoms with Gasteiger partial charge in [-0.3, -0.25) is 19.1 Å². The van der Waals surface area contributed by atoms with Crippen LogP contribution in [0.15, 0.2) is 12.1 Å². The highest BCUT2D eigenvalue weighted by atomic mass is 32.2. The summed E-state index contributed by atoms with van der Waals surface area (Å²) in [6.07, 6.45) is 0.943. The molecule has 114 valence electrons. The smallest absolute Gasteiger partial charge is 0.294 e. The number of benzene rings is 1. The van der Waals surface area contributed by atoms with E-state index in [1.165, 1.54) is 6.07 Å². The highest BCUT2D eigenvalue weighted by Crippen LogP contribution is 2.33. The second kappa shape index (κ2) is 6.66. The first kappa shape index (κ1) is 15.4. The average molecular weight is 311 g/mol. The number of nitrogens with zero attached hydrogens (tertiary/aromatic N) is 1. The van der Waals surface area contributed by atoms with Gasteiger partial charge in [-0.2, -0.15) is 0 Å². The molecule has 0 saturated carbocycles. The van der Waals surface area contributed by atoms with Crippen molar-refractivity contribution < 1.29 is 13.9 Å². The summed E-state index contributed by atoms with van der Waals surface area (Å²) in [7, 11) is -0.914. The van der Waals surface area contributed by atoms with Crippen LogP contribution in [0.5, 0.6) is 0 Å². The van der Waals surface area contributed by atoms with Gasteiger partial charge in [0.2, 0.25) is 5.91 Å². The van der Waals surface area contributed by atoms with Crippen molar-refractivity contribution in [2.45, 2.75) is 19.8 Å². The highest BCUT2D eigenvalue weighted by Gasteiger charge is 2.22. The number of nitro groups is 1. The van der Waals surface area contributed by atoms with Crippen molar-refractivity contribution in [2.75, 3.05) is 28.7 Å². The second-order valence-corrected chi connectivity index (χ2v) is 6.56. The molecule has 8 heteroatoms. The number of aryl methyl sites for hydroxylation is 1. The number of carbonyl (C=O) groups excluding carboxylic acids is 1.